The van der Waals surface area contributed by atoms with E-state index in [2.05, 4.69) is 15.9 Å². The Morgan fingerprint density at radius 2 is 2.31 bits per heavy atom. The first-order chi connectivity index (χ1) is 6.13. The zero-order valence-corrected chi connectivity index (χ0v) is 9.56. The summed E-state index contributed by atoms with van der Waals surface area (Å²) in [6.07, 6.45) is 1.92. The number of hydrogen-bond donors (Lipinski definition) is 1. The molecule has 0 atom stereocenters. The lowest BCUT2D eigenvalue weighted by molar-refractivity contribution is 0.332. The largest absolute Gasteiger partial charge is 0.392 e. The third kappa shape index (κ3) is 3.14. The third-order valence-corrected chi connectivity index (χ3v) is 2.54. The van der Waals surface area contributed by atoms with Crippen molar-refractivity contribution < 1.29 is 5.11 Å². The number of rotatable bonds is 2. The zero-order valence-electron chi connectivity index (χ0n) is 7.22. The van der Waals surface area contributed by atoms with Crippen LogP contribution in [0.5, 0.6) is 0 Å². The zero-order chi connectivity index (χ0) is 9.84. The second-order valence-corrected chi connectivity index (χ2v) is 4.11. The molecular formula is C10H10BrClO. The first kappa shape index (κ1) is 10.8. The summed E-state index contributed by atoms with van der Waals surface area (Å²) in [5, 5.41) is 9.53. The van der Waals surface area contributed by atoms with Gasteiger partial charge in [0, 0.05) is 9.50 Å². The van der Waals surface area contributed by atoms with Crippen LogP contribution < -0.4 is 0 Å². The standard InChI is InChI=1S/C10H10BrClO/c1-7(6-13)4-8-2-3-9(12)5-10(8)11/h2-5,13H,6H2,1H3/b7-4+. The molecule has 0 heterocycles. The number of hydrogen-bond acceptors (Lipinski definition) is 1. The Bertz CT molecular complexity index is 334. The molecule has 0 aliphatic carbocycles. The van der Waals surface area contributed by atoms with E-state index in [1.807, 2.05) is 31.2 Å². The van der Waals surface area contributed by atoms with Crippen molar-refractivity contribution in [2.24, 2.45) is 0 Å². The molecule has 0 aliphatic rings. The van der Waals surface area contributed by atoms with E-state index in [-0.39, 0.29) is 6.61 Å². The van der Waals surface area contributed by atoms with Gasteiger partial charge in [0.05, 0.1) is 6.61 Å². The van der Waals surface area contributed by atoms with Gasteiger partial charge in [0.2, 0.25) is 0 Å². The van der Waals surface area contributed by atoms with E-state index in [1.54, 1.807) is 0 Å². The Balaban J connectivity index is 3.03. The van der Waals surface area contributed by atoms with Crippen LogP contribution in [-0.2, 0) is 0 Å². The SMILES string of the molecule is C/C(=C\c1ccc(Cl)cc1Br)CO. The van der Waals surface area contributed by atoms with E-state index in [9.17, 15) is 0 Å². The van der Waals surface area contributed by atoms with Gasteiger partial charge in [0.25, 0.3) is 0 Å². The number of benzene rings is 1. The second kappa shape index (κ2) is 4.80. The highest BCUT2D eigenvalue weighted by Crippen LogP contribution is 2.23. The molecule has 1 aromatic rings. The van der Waals surface area contributed by atoms with Gasteiger partial charge in [-0.25, -0.2) is 0 Å². The molecule has 70 valence electrons. The van der Waals surface area contributed by atoms with Gasteiger partial charge in [0.15, 0.2) is 0 Å². The number of aliphatic hydroxyl groups excluding tert-OH is 1. The van der Waals surface area contributed by atoms with Crippen molar-refractivity contribution in [3.63, 3.8) is 0 Å². The first-order valence-corrected chi connectivity index (χ1v) is 5.03. The first-order valence-electron chi connectivity index (χ1n) is 3.86. The van der Waals surface area contributed by atoms with Crippen LogP contribution >= 0.6 is 27.5 Å². The smallest absolute Gasteiger partial charge is 0.0642 e. The Morgan fingerprint density at radius 1 is 1.62 bits per heavy atom. The van der Waals surface area contributed by atoms with Crippen LogP contribution in [0.15, 0.2) is 28.2 Å². The van der Waals surface area contributed by atoms with Gasteiger partial charge in [0.1, 0.15) is 0 Å². The number of aliphatic hydroxyl groups is 1. The van der Waals surface area contributed by atoms with Gasteiger partial charge in [-0.15, -0.1) is 0 Å². The fraction of sp³-hybridized carbons (Fsp3) is 0.200. The van der Waals surface area contributed by atoms with E-state index in [4.69, 9.17) is 16.7 Å². The topological polar surface area (TPSA) is 20.2 Å². The maximum Gasteiger partial charge on any atom is 0.0642 e. The molecule has 1 nitrogen and oxygen atoms in total. The number of halogens is 2. The van der Waals surface area contributed by atoms with Crippen LogP contribution in [0.1, 0.15) is 12.5 Å². The Labute approximate surface area is 91.2 Å². The predicted octanol–water partition coefficient (Wildman–Crippen LogP) is 3.50. The van der Waals surface area contributed by atoms with Crippen LogP contribution in [0.25, 0.3) is 6.08 Å². The van der Waals surface area contributed by atoms with E-state index >= 15 is 0 Å². The Kier molecular flexibility index (Phi) is 3.97. The summed E-state index contributed by atoms with van der Waals surface area (Å²) >= 11 is 9.18. The molecule has 1 rings (SSSR count). The molecule has 1 N–H and O–H groups in total. The summed E-state index contributed by atoms with van der Waals surface area (Å²) in [5.74, 6) is 0. The van der Waals surface area contributed by atoms with Gasteiger partial charge in [-0.2, -0.15) is 0 Å². The summed E-state index contributed by atoms with van der Waals surface area (Å²) < 4.78 is 0.938. The molecule has 3 heteroatoms. The molecule has 0 saturated heterocycles. The van der Waals surface area contributed by atoms with Gasteiger partial charge in [-0.3, -0.25) is 0 Å². The van der Waals surface area contributed by atoms with Crippen molar-refractivity contribution in [3.8, 4) is 0 Å². The van der Waals surface area contributed by atoms with Gasteiger partial charge in [-0.05, 0) is 30.2 Å². The van der Waals surface area contributed by atoms with E-state index in [1.165, 1.54) is 0 Å². The van der Waals surface area contributed by atoms with E-state index < -0.39 is 0 Å². The van der Waals surface area contributed by atoms with Crippen LogP contribution in [0.4, 0.5) is 0 Å². The van der Waals surface area contributed by atoms with Crippen molar-refractivity contribution in [1.82, 2.24) is 0 Å². The average molecular weight is 262 g/mol. The summed E-state index contributed by atoms with van der Waals surface area (Å²) in [7, 11) is 0. The summed E-state index contributed by atoms with van der Waals surface area (Å²) in [5.41, 5.74) is 1.94. The van der Waals surface area contributed by atoms with E-state index in [0.717, 1.165) is 15.6 Å². The fourth-order valence-electron chi connectivity index (χ4n) is 0.930. The predicted molar refractivity (Wildman–Crippen MR) is 59.9 cm³/mol. The van der Waals surface area contributed by atoms with Crippen LogP contribution in [0.3, 0.4) is 0 Å². The minimum Gasteiger partial charge on any atom is -0.392 e. The molecule has 0 aliphatic heterocycles. The van der Waals surface area contributed by atoms with E-state index in [0.29, 0.717) is 5.02 Å². The highest BCUT2D eigenvalue weighted by Gasteiger charge is 1.97. The molecule has 0 saturated carbocycles. The average Bonchev–Trinajstić information content (AvgIpc) is 2.09. The Hall–Kier alpha value is -0.310. The molecule has 13 heavy (non-hydrogen) atoms. The molecule has 0 fully saturated rings. The maximum absolute atomic E-state index is 8.83. The maximum atomic E-state index is 8.83. The fourth-order valence-corrected chi connectivity index (χ4v) is 1.73. The van der Waals surface area contributed by atoms with Gasteiger partial charge >= 0.3 is 0 Å². The Morgan fingerprint density at radius 3 is 2.85 bits per heavy atom. The molecule has 0 bridgehead atoms. The van der Waals surface area contributed by atoms with Crippen molar-refractivity contribution >= 4 is 33.6 Å². The van der Waals surface area contributed by atoms with Crippen molar-refractivity contribution in [2.75, 3.05) is 6.61 Å². The van der Waals surface area contributed by atoms with Crippen molar-refractivity contribution in [2.45, 2.75) is 6.92 Å². The minimum atomic E-state index is 0.0784. The lowest BCUT2D eigenvalue weighted by atomic mass is 10.1. The lowest BCUT2D eigenvalue weighted by Gasteiger charge is -2.00. The normalized spacial score (nSPS) is 11.8. The summed E-state index contributed by atoms with van der Waals surface area (Å²) in [6.45, 7) is 1.95. The van der Waals surface area contributed by atoms with Crippen LogP contribution in [0, 0.1) is 0 Å². The summed E-state index contributed by atoms with van der Waals surface area (Å²) in [6, 6.07) is 5.56. The van der Waals surface area contributed by atoms with Gasteiger partial charge < -0.3 is 5.11 Å². The van der Waals surface area contributed by atoms with Crippen LogP contribution in [0.2, 0.25) is 5.02 Å². The van der Waals surface area contributed by atoms with Crippen LogP contribution in [-0.4, -0.2) is 11.7 Å². The molecule has 0 radical (unpaired) electrons. The second-order valence-electron chi connectivity index (χ2n) is 2.81. The van der Waals surface area contributed by atoms with Crippen molar-refractivity contribution in [1.29, 1.82) is 0 Å². The highest BCUT2D eigenvalue weighted by atomic mass is 79.9. The van der Waals surface area contributed by atoms with Gasteiger partial charge in [-0.1, -0.05) is 39.7 Å². The molecular weight excluding hydrogens is 251 g/mol. The minimum absolute atomic E-state index is 0.0784. The third-order valence-electron chi connectivity index (χ3n) is 1.61. The lowest BCUT2D eigenvalue weighted by Crippen LogP contribution is -1.84. The quantitative estimate of drug-likeness (QED) is 0.864. The molecule has 0 spiro atoms. The highest BCUT2D eigenvalue weighted by molar-refractivity contribution is 9.10. The summed E-state index contributed by atoms with van der Waals surface area (Å²) in [4.78, 5) is 0. The molecule has 0 amide bonds. The molecule has 0 aromatic heterocycles. The monoisotopic (exact) mass is 260 g/mol. The molecule has 1 aromatic carbocycles. The molecule has 0 unspecified atom stereocenters. The van der Waals surface area contributed by atoms with Crippen molar-refractivity contribution in [3.05, 3.63) is 38.8 Å².